The highest BCUT2D eigenvalue weighted by Crippen LogP contribution is 2.34. The van der Waals surface area contributed by atoms with Gasteiger partial charge in [0.1, 0.15) is 5.75 Å². The van der Waals surface area contributed by atoms with E-state index in [9.17, 15) is 5.11 Å². The number of fused-ring (bicyclic) bond motifs is 1. The number of rotatable bonds is 1. The molecule has 0 unspecified atom stereocenters. The smallest absolute Gasteiger partial charge is 0.123 e. The van der Waals surface area contributed by atoms with Gasteiger partial charge in [-0.1, -0.05) is 59.8 Å². The minimum absolute atomic E-state index is 0.193. The second kappa shape index (κ2) is 6.92. The van der Waals surface area contributed by atoms with Gasteiger partial charge < -0.3 is 5.11 Å². The number of aromatic hydroxyl groups is 1. The van der Waals surface area contributed by atoms with Gasteiger partial charge in [0.2, 0.25) is 0 Å². The summed E-state index contributed by atoms with van der Waals surface area (Å²) >= 11 is 6.21. The first-order valence-corrected chi connectivity index (χ1v) is 8.54. The van der Waals surface area contributed by atoms with Crippen molar-refractivity contribution in [3.05, 3.63) is 95.1 Å². The summed E-state index contributed by atoms with van der Waals surface area (Å²) in [5.41, 5.74) is 4.00. The first-order valence-electron chi connectivity index (χ1n) is 8.16. The molecule has 1 aromatic heterocycles. The van der Waals surface area contributed by atoms with Gasteiger partial charge in [-0.2, -0.15) is 0 Å². The Balaban J connectivity index is 2.01. The van der Waals surface area contributed by atoms with Crippen molar-refractivity contribution < 1.29 is 5.11 Å². The molecule has 1 N–H and O–H groups in total. The average molecular weight is 356 g/mol. The Labute approximate surface area is 156 Å². The summed E-state index contributed by atoms with van der Waals surface area (Å²) in [6, 6.07) is 22.5. The molecule has 0 aliphatic rings. The van der Waals surface area contributed by atoms with Crippen LogP contribution < -0.4 is 0 Å². The molecule has 4 rings (SSSR count). The molecule has 0 radical (unpaired) electrons. The molecule has 2 nitrogen and oxygen atoms in total. The van der Waals surface area contributed by atoms with E-state index in [0.717, 1.165) is 27.6 Å². The van der Waals surface area contributed by atoms with Crippen molar-refractivity contribution in [3.8, 4) is 28.7 Å². The Morgan fingerprint density at radius 2 is 1.58 bits per heavy atom. The van der Waals surface area contributed by atoms with Gasteiger partial charge in [0.15, 0.2) is 0 Å². The number of hydrogen-bond acceptors (Lipinski definition) is 2. The Morgan fingerprint density at radius 1 is 0.808 bits per heavy atom. The van der Waals surface area contributed by atoms with Crippen LogP contribution in [0.15, 0.2) is 79.0 Å². The Bertz CT molecular complexity index is 1160. The Morgan fingerprint density at radius 3 is 2.38 bits per heavy atom. The molecule has 0 aliphatic heterocycles. The molecule has 0 spiro atoms. The lowest BCUT2D eigenvalue weighted by molar-refractivity contribution is 0.477. The quantitative estimate of drug-likeness (QED) is 0.447. The zero-order valence-electron chi connectivity index (χ0n) is 13.8. The van der Waals surface area contributed by atoms with E-state index in [-0.39, 0.29) is 5.75 Å². The number of phenolic OH excluding ortho intramolecular Hbond substituents is 1. The summed E-state index contributed by atoms with van der Waals surface area (Å²) < 4.78 is 0. The fourth-order valence-corrected chi connectivity index (χ4v) is 3.03. The topological polar surface area (TPSA) is 33.1 Å². The van der Waals surface area contributed by atoms with Crippen LogP contribution in [0.25, 0.3) is 22.0 Å². The van der Waals surface area contributed by atoms with Crippen LogP contribution in [0.2, 0.25) is 5.02 Å². The lowest BCUT2D eigenvalue weighted by Crippen LogP contribution is -1.91. The van der Waals surface area contributed by atoms with E-state index in [1.807, 2.05) is 60.7 Å². The van der Waals surface area contributed by atoms with E-state index in [1.54, 1.807) is 18.3 Å². The SMILES string of the molecule is Oc1ccccc1-c1cnc2ccc(Cl)cc2c1C#Cc1ccccc1. The predicted molar refractivity (Wildman–Crippen MR) is 106 cm³/mol. The number of nitrogens with zero attached hydrogens (tertiary/aromatic N) is 1. The number of para-hydroxylation sites is 1. The summed E-state index contributed by atoms with van der Waals surface area (Å²) in [6.07, 6.45) is 1.75. The zero-order valence-corrected chi connectivity index (χ0v) is 14.5. The maximum absolute atomic E-state index is 10.3. The van der Waals surface area contributed by atoms with Gasteiger partial charge in [-0.15, -0.1) is 0 Å². The molecule has 3 heteroatoms. The first-order chi connectivity index (χ1) is 12.7. The second-order valence-electron chi connectivity index (χ2n) is 5.84. The van der Waals surface area contributed by atoms with Crippen molar-refractivity contribution in [1.82, 2.24) is 4.98 Å². The highest BCUT2D eigenvalue weighted by Gasteiger charge is 2.12. The van der Waals surface area contributed by atoms with Crippen LogP contribution in [0.1, 0.15) is 11.1 Å². The molecule has 1 heterocycles. The van der Waals surface area contributed by atoms with Crippen molar-refractivity contribution in [2.75, 3.05) is 0 Å². The standard InChI is InChI=1S/C23H14ClNO/c24-17-11-13-22-20(14-17)18(12-10-16-6-2-1-3-7-16)21(15-25-22)19-8-4-5-9-23(19)26/h1-9,11,13-15,26H. The molecular formula is C23H14ClNO. The van der Waals surface area contributed by atoms with Crippen LogP contribution in [0.5, 0.6) is 5.75 Å². The van der Waals surface area contributed by atoms with Crippen LogP contribution in [-0.4, -0.2) is 10.1 Å². The lowest BCUT2D eigenvalue weighted by atomic mass is 9.97. The van der Waals surface area contributed by atoms with Crippen molar-refractivity contribution >= 4 is 22.5 Å². The molecule has 0 saturated heterocycles. The summed E-state index contributed by atoms with van der Waals surface area (Å²) in [6.45, 7) is 0. The molecule has 124 valence electrons. The zero-order chi connectivity index (χ0) is 17.9. The van der Waals surface area contributed by atoms with Crippen molar-refractivity contribution in [2.24, 2.45) is 0 Å². The number of hydrogen-bond donors (Lipinski definition) is 1. The monoisotopic (exact) mass is 355 g/mol. The van der Waals surface area contributed by atoms with Gasteiger partial charge in [0, 0.05) is 38.9 Å². The molecule has 4 aromatic rings. The molecule has 0 fully saturated rings. The third kappa shape index (κ3) is 3.13. The Kier molecular flexibility index (Phi) is 4.31. The summed E-state index contributed by atoms with van der Waals surface area (Å²) in [4.78, 5) is 4.52. The molecule has 0 atom stereocenters. The van der Waals surface area contributed by atoms with Crippen molar-refractivity contribution in [2.45, 2.75) is 0 Å². The minimum atomic E-state index is 0.193. The molecule has 0 amide bonds. The van der Waals surface area contributed by atoms with Crippen molar-refractivity contribution in [1.29, 1.82) is 0 Å². The molecule has 0 aliphatic carbocycles. The van der Waals surface area contributed by atoms with Crippen LogP contribution in [0.4, 0.5) is 0 Å². The lowest BCUT2D eigenvalue weighted by Gasteiger charge is -2.10. The fraction of sp³-hybridized carbons (Fsp3) is 0. The van der Waals surface area contributed by atoms with Gasteiger partial charge in [-0.05, 0) is 36.4 Å². The van der Waals surface area contributed by atoms with Gasteiger partial charge >= 0.3 is 0 Å². The number of pyridine rings is 1. The maximum atomic E-state index is 10.3. The third-order valence-electron chi connectivity index (χ3n) is 4.13. The van der Waals surface area contributed by atoms with Gasteiger partial charge in [0.05, 0.1) is 5.52 Å². The van der Waals surface area contributed by atoms with Crippen LogP contribution in [0.3, 0.4) is 0 Å². The number of phenols is 1. The van der Waals surface area contributed by atoms with Gasteiger partial charge in [-0.25, -0.2) is 0 Å². The summed E-state index contributed by atoms with van der Waals surface area (Å²) in [5.74, 6) is 6.66. The van der Waals surface area contributed by atoms with Crippen LogP contribution in [0, 0.1) is 11.8 Å². The van der Waals surface area contributed by atoms with E-state index < -0.39 is 0 Å². The van der Waals surface area contributed by atoms with E-state index in [2.05, 4.69) is 16.8 Å². The summed E-state index contributed by atoms with van der Waals surface area (Å²) in [7, 11) is 0. The molecule has 26 heavy (non-hydrogen) atoms. The average Bonchev–Trinajstić information content (AvgIpc) is 2.67. The van der Waals surface area contributed by atoms with E-state index in [0.29, 0.717) is 10.6 Å². The fourth-order valence-electron chi connectivity index (χ4n) is 2.86. The number of aromatic nitrogens is 1. The Hall–Kier alpha value is -3.28. The van der Waals surface area contributed by atoms with Crippen LogP contribution >= 0.6 is 11.6 Å². The maximum Gasteiger partial charge on any atom is 0.123 e. The summed E-state index contributed by atoms with van der Waals surface area (Å²) in [5, 5.41) is 11.8. The largest absolute Gasteiger partial charge is 0.507 e. The van der Waals surface area contributed by atoms with Crippen molar-refractivity contribution in [3.63, 3.8) is 0 Å². The third-order valence-corrected chi connectivity index (χ3v) is 4.36. The minimum Gasteiger partial charge on any atom is -0.507 e. The number of benzene rings is 3. The predicted octanol–water partition coefficient (Wildman–Crippen LogP) is 5.66. The van der Waals surface area contributed by atoms with Gasteiger partial charge in [0.25, 0.3) is 0 Å². The van der Waals surface area contributed by atoms with E-state index >= 15 is 0 Å². The molecular weight excluding hydrogens is 342 g/mol. The first kappa shape index (κ1) is 16.2. The molecule has 3 aromatic carbocycles. The molecule has 0 saturated carbocycles. The molecule has 0 bridgehead atoms. The highest BCUT2D eigenvalue weighted by molar-refractivity contribution is 6.31. The normalized spacial score (nSPS) is 10.3. The number of halogens is 1. The van der Waals surface area contributed by atoms with E-state index in [1.165, 1.54) is 0 Å². The van der Waals surface area contributed by atoms with E-state index in [4.69, 9.17) is 11.6 Å². The van der Waals surface area contributed by atoms with Gasteiger partial charge in [-0.3, -0.25) is 4.98 Å². The highest BCUT2D eigenvalue weighted by atomic mass is 35.5. The second-order valence-corrected chi connectivity index (χ2v) is 6.28. The van der Waals surface area contributed by atoms with Crippen LogP contribution in [-0.2, 0) is 0 Å².